The Bertz CT molecular complexity index is 862. The number of hydrogen-bond acceptors (Lipinski definition) is 4. The first-order chi connectivity index (χ1) is 11.0. The molecule has 1 aromatic heterocycles. The number of nitrogens with zero attached hydrogens (tertiary/aromatic N) is 1. The summed E-state index contributed by atoms with van der Waals surface area (Å²) < 4.78 is 6.13. The van der Waals surface area contributed by atoms with E-state index in [0.29, 0.717) is 10.8 Å². The largest absolute Gasteiger partial charge is 0.506 e. The minimum atomic E-state index is -0.505. The van der Waals surface area contributed by atoms with Gasteiger partial charge < -0.3 is 14.9 Å². The summed E-state index contributed by atoms with van der Waals surface area (Å²) in [6, 6.07) is 13.3. The molecule has 0 aliphatic carbocycles. The Morgan fingerprint density at radius 1 is 1.17 bits per heavy atom. The molecule has 0 saturated carbocycles. The van der Waals surface area contributed by atoms with Crippen molar-refractivity contribution < 1.29 is 14.4 Å². The van der Waals surface area contributed by atoms with Crippen LogP contribution in [0.15, 0.2) is 57.5 Å². The second-order valence-corrected chi connectivity index (χ2v) is 6.05. The van der Waals surface area contributed by atoms with E-state index in [1.54, 1.807) is 0 Å². The lowest BCUT2D eigenvalue weighted by Crippen LogP contribution is -2.12. The normalized spacial score (nSPS) is 10.5. The van der Waals surface area contributed by atoms with Crippen LogP contribution in [0.3, 0.4) is 0 Å². The van der Waals surface area contributed by atoms with Crippen LogP contribution in [-0.4, -0.2) is 16.2 Å². The molecule has 2 N–H and O–H groups in total. The van der Waals surface area contributed by atoms with E-state index >= 15 is 0 Å². The van der Waals surface area contributed by atoms with E-state index in [2.05, 4.69) is 26.4 Å². The molecular weight excluding hydrogens is 384 g/mol. The molecule has 0 bridgehead atoms. The Kier molecular flexibility index (Phi) is 4.36. The van der Waals surface area contributed by atoms with Gasteiger partial charge in [0.15, 0.2) is 11.5 Å². The number of phenols is 1. The summed E-state index contributed by atoms with van der Waals surface area (Å²) in [6.45, 7) is 0. The lowest BCUT2D eigenvalue weighted by molar-refractivity contribution is 0.101. The van der Waals surface area contributed by atoms with E-state index in [-0.39, 0.29) is 17.1 Å². The average molecular weight is 394 g/mol. The van der Waals surface area contributed by atoms with Crippen molar-refractivity contribution in [1.82, 2.24) is 5.16 Å². The van der Waals surface area contributed by atoms with E-state index in [1.165, 1.54) is 24.3 Å². The van der Waals surface area contributed by atoms with Gasteiger partial charge in [-0.25, -0.2) is 0 Å². The predicted molar refractivity (Wildman–Crippen MR) is 90.7 cm³/mol. The number of anilines is 1. The first-order valence-corrected chi connectivity index (χ1v) is 7.72. The SMILES string of the molecule is O=C(Nc1cc(Cl)ccc1O)c1cc(-c2ccc(Br)cc2)on1. The molecule has 2 aromatic carbocycles. The topological polar surface area (TPSA) is 75.4 Å². The van der Waals surface area contributed by atoms with Gasteiger partial charge in [0.25, 0.3) is 5.91 Å². The van der Waals surface area contributed by atoms with Gasteiger partial charge in [-0.3, -0.25) is 4.79 Å². The van der Waals surface area contributed by atoms with Gasteiger partial charge in [0.1, 0.15) is 5.75 Å². The van der Waals surface area contributed by atoms with Crippen LogP contribution < -0.4 is 5.32 Å². The van der Waals surface area contributed by atoms with Crippen molar-refractivity contribution in [2.75, 3.05) is 5.32 Å². The standard InChI is InChI=1S/C16H10BrClN2O3/c17-10-3-1-9(2-4-10)15-8-13(20-23-15)16(22)19-12-7-11(18)5-6-14(12)21/h1-8,21H,(H,19,22). The number of phenolic OH excluding ortho intramolecular Hbond substituents is 1. The molecule has 1 heterocycles. The van der Waals surface area contributed by atoms with E-state index in [1.807, 2.05) is 24.3 Å². The quantitative estimate of drug-likeness (QED) is 0.632. The molecule has 5 nitrogen and oxygen atoms in total. The summed E-state index contributed by atoms with van der Waals surface area (Å²) in [5.74, 6) is -0.118. The van der Waals surface area contributed by atoms with Gasteiger partial charge in [-0.1, -0.05) is 44.8 Å². The van der Waals surface area contributed by atoms with Crippen LogP contribution in [0, 0.1) is 0 Å². The zero-order chi connectivity index (χ0) is 16.4. The Labute approximate surface area is 145 Å². The summed E-state index contributed by atoms with van der Waals surface area (Å²) in [4.78, 5) is 12.2. The number of amides is 1. The minimum Gasteiger partial charge on any atom is -0.506 e. The van der Waals surface area contributed by atoms with E-state index in [9.17, 15) is 9.90 Å². The molecule has 0 saturated heterocycles. The van der Waals surface area contributed by atoms with Crippen LogP contribution in [0.5, 0.6) is 5.75 Å². The molecule has 23 heavy (non-hydrogen) atoms. The molecule has 1 amide bonds. The van der Waals surface area contributed by atoms with Gasteiger partial charge in [-0.15, -0.1) is 0 Å². The predicted octanol–water partition coefficient (Wildman–Crippen LogP) is 4.72. The average Bonchev–Trinajstić information content (AvgIpc) is 3.02. The number of carbonyl (C=O) groups excluding carboxylic acids is 1. The lowest BCUT2D eigenvalue weighted by atomic mass is 10.1. The number of aromatic hydroxyl groups is 1. The van der Waals surface area contributed by atoms with Gasteiger partial charge in [0.2, 0.25) is 0 Å². The lowest BCUT2D eigenvalue weighted by Gasteiger charge is -2.05. The highest BCUT2D eigenvalue weighted by atomic mass is 79.9. The van der Waals surface area contributed by atoms with Crippen molar-refractivity contribution in [1.29, 1.82) is 0 Å². The maximum absolute atomic E-state index is 12.2. The molecule has 0 unspecified atom stereocenters. The first-order valence-electron chi connectivity index (χ1n) is 6.55. The van der Waals surface area contributed by atoms with Crippen LogP contribution in [0.2, 0.25) is 5.02 Å². The summed E-state index contributed by atoms with van der Waals surface area (Å²) in [5, 5.41) is 16.4. The van der Waals surface area contributed by atoms with Crippen LogP contribution in [-0.2, 0) is 0 Å². The zero-order valence-corrected chi connectivity index (χ0v) is 13.9. The molecule has 0 aliphatic rings. The molecule has 0 fully saturated rings. The maximum Gasteiger partial charge on any atom is 0.277 e. The van der Waals surface area contributed by atoms with Gasteiger partial charge in [-0.2, -0.15) is 0 Å². The molecule has 116 valence electrons. The number of aromatic nitrogens is 1. The third-order valence-corrected chi connectivity index (χ3v) is 3.84. The number of nitrogens with one attached hydrogen (secondary N) is 1. The van der Waals surface area contributed by atoms with Gasteiger partial charge in [0.05, 0.1) is 5.69 Å². The third kappa shape index (κ3) is 3.55. The maximum atomic E-state index is 12.2. The second-order valence-electron chi connectivity index (χ2n) is 4.70. The fraction of sp³-hybridized carbons (Fsp3) is 0. The number of hydrogen-bond donors (Lipinski definition) is 2. The van der Waals surface area contributed by atoms with Crippen LogP contribution in [0.4, 0.5) is 5.69 Å². The highest BCUT2D eigenvalue weighted by Gasteiger charge is 2.15. The Hall–Kier alpha value is -2.31. The minimum absolute atomic E-state index is 0.0839. The third-order valence-electron chi connectivity index (χ3n) is 3.08. The van der Waals surface area contributed by atoms with Crippen LogP contribution >= 0.6 is 27.5 Å². The van der Waals surface area contributed by atoms with Crippen molar-refractivity contribution in [3.05, 3.63) is 63.7 Å². The zero-order valence-electron chi connectivity index (χ0n) is 11.6. The molecule has 7 heteroatoms. The fourth-order valence-corrected chi connectivity index (χ4v) is 2.36. The number of rotatable bonds is 3. The molecule has 0 aliphatic heterocycles. The molecule has 3 aromatic rings. The Morgan fingerprint density at radius 3 is 2.65 bits per heavy atom. The van der Waals surface area contributed by atoms with Crippen molar-refractivity contribution >= 4 is 39.1 Å². The van der Waals surface area contributed by atoms with Crippen molar-refractivity contribution in [2.24, 2.45) is 0 Å². The van der Waals surface area contributed by atoms with E-state index in [4.69, 9.17) is 16.1 Å². The fourth-order valence-electron chi connectivity index (χ4n) is 1.93. The molecule has 0 atom stereocenters. The summed E-state index contributed by atoms with van der Waals surface area (Å²) >= 11 is 9.19. The van der Waals surface area contributed by atoms with Gasteiger partial charge in [-0.05, 0) is 30.3 Å². The monoisotopic (exact) mass is 392 g/mol. The van der Waals surface area contributed by atoms with Crippen molar-refractivity contribution in [2.45, 2.75) is 0 Å². The first kappa shape index (κ1) is 15.6. The second kappa shape index (κ2) is 6.44. The molecule has 3 rings (SSSR count). The number of carbonyl (C=O) groups is 1. The summed E-state index contributed by atoms with van der Waals surface area (Å²) in [6.07, 6.45) is 0. The smallest absolute Gasteiger partial charge is 0.277 e. The van der Waals surface area contributed by atoms with E-state index < -0.39 is 5.91 Å². The van der Waals surface area contributed by atoms with E-state index in [0.717, 1.165) is 10.0 Å². The van der Waals surface area contributed by atoms with Gasteiger partial charge in [0, 0.05) is 21.1 Å². The Balaban J connectivity index is 1.81. The Morgan fingerprint density at radius 2 is 1.91 bits per heavy atom. The molecule has 0 spiro atoms. The highest BCUT2D eigenvalue weighted by Crippen LogP contribution is 2.27. The molecular formula is C16H10BrClN2O3. The number of halogens is 2. The summed E-state index contributed by atoms with van der Waals surface area (Å²) in [7, 11) is 0. The molecule has 0 radical (unpaired) electrons. The number of benzene rings is 2. The van der Waals surface area contributed by atoms with Crippen molar-refractivity contribution in [3.8, 4) is 17.1 Å². The van der Waals surface area contributed by atoms with Crippen LogP contribution in [0.25, 0.3) is 11.3 Å². The summed E-state index contributed by atoms with van der Waals surface area (Å²) in [5.41, 5.74) is 1.10. The van der Waals surface area contributed by atoms with Crippen LogP contribution in [0.1, 0.15) is 10.5 Å². The highest BCUT2D eigenvalue weighted by molar-refractivity contribution is 9.10. The van der Waals surface area contributed by atoms with Crippen molar-refractivity contribution in [3.63, 3.8) is 0 Å². The van der Waals surface area contributed by atoms with Gasteiger partial charge >= 0.3 is 0 Å².